The van der Waals surface area contributed by atoms with E-state index in [1.807, 2.05) is 49.0 Å². The highest BCUT2D eigenvalue weighted by molar-refractivity contribution is 7.99. The summed E-state index contributed by atoms with van der Waals surface area (Å²) in [7, 11) is 0. The molecule has 4 aromatic rings. The molecule has 2 N–H and O–H groups in total. The highest BCUT2D eigenvalue weighted by Gasteiger charge is 2.30. The molecular weight excluding hydrogens is 593 g/mol. The van der Waals surface area contributed by atoms with E-state index in [4.69, 9.17) is 0 Å². The molecule has 3 heterocycles. The topological polar surface area (TPSA) is 115 Å². The number of nitrogens with one attached hydrogen (secondary N) is 2. The Morgan fingerprint density at radius 3 is 2.18 bits per heavy atom. The third kappa shape index (κ3) is 6.45. The number of hydrogen-bond donors (Lipinski definition) is 2. The van der Waals surface area contributed by atoms with Crippen LogP contribution in [0.25, 0.3) is 11.0 Å². The smallest absolute Gasteiger partial charge is 0.333 e. The molecule has 1 saturated carbocycles. The van der Waals surface area contributed by atoms with Gasteiger partial charge in [0, 0.05) is 18.1 Å². The standard InChI is InChI=1S/C34H36FN5O4S/c1-21(22-7-3-2-4-8-22)37-31(41)27-9-5-6-10-28(27)32(42)38-24-11-13-25(14-12-24)40-33(43)29-19-23(35)20-36-30(29)39(34(40)44)26-15-17-45-18-16-26/h2-10,19-21,24-26H,11-18H2,1H3,(H,37,41)(H,38,42)/t21-,24-,25+/m0/s1. The van der Waals surface area contributed by atoms with Gasteiger partial charge in [0.15, 0.2) is 0 Å². The van der Waals surface area contributed by atoms with E-state index < -0.39 is 17.1 Å². The number of halogens is 1. The normalized spacial score (nSPS) is 19.6. The summed E-state index contributed by atoms with van der Waals surface area (Å²) in [5.74, 6) is 0.500. The molecule has 2 aromatic carbocycles. The SMILES string of the molecule is C[C@H](NC(=O)c1ccccc1C(=O)N[C@H]1CC[C@@H](n2c(=O)c3cc(F)cnc3n(C3CCSCC3)c2=O)CC1)c1ccccc1. The maximum atomic E-state index is 14.2. The second kappa shape index (κ2) is 13.4. The second-order valence-electron chi connectivity index (χ2n) is 11.8. The van der Waals surface area contributed by atoms with Crippen LogP contribution in [0.3, 0.4) is 0 Å². The molecule has 2 aliphatic rings. The summed E-state index contributed by atoms with van der Waals surface area (Å²) < 4.78 is 17.1. The lowest BCUT2D eigenvalue weighted by Gasteiger charge is -2.31. The summed E-state index contributed by atoms with van der Waals surface area (Å²) in [6, 6.07) is 16.6. The fraction of sp³-hybridized carbons (Fsp3) is 0.382. The van der Waals surface area contributed by atoms with E-state index in [0.29, 0.717) is 25.7 Å². The maximum Gasteiger partial charge on any atom is 0.333 e. The number of thioether (sulfide) groups is 1. The lowest BCUT2D eigenvalue weighted by molar-refractivity contribution is 0.0895. The van der Waals surface area contributed by atoms with Crippen molar-refractivity contribution >= 4 is 34.6 Å². The molecule has 11 heteroatoms. The summed E-state index contributed by atoms with van der Waals surface area (Å²) in [6.07, 6.45) is 4.68. The van der Waals surface area contributed by atoms with Crippen LogP contribution < -0.4 is 21.9 Å². The van der Waals surface area contributed by atoms with Gasteiger partial charge in [-0.15, -0.1) is 0 Å². The van der Waals surface area contributed by atoms with Crippen molar-refractivity contribution < 1.29 is 14.0 Å². The highest BCUT2D eigenvalue weighted by atomic mass is 32.2. The zero-order valence-corrected chi connectivity index (χ0v) is 25.9. The fourth-order valence-electron chi connectivity index (χ4n) is 6.52. The molecule has 2 amide bonds. The van der Waals surface area contributed by atoms with Crippen molar-refractivity contribution in [2.24, 2.45) is 0 Å². The van der Waals surface area contributed by atoms with E-state index in [1.165, 1.54) is 10.6 Å². The number of fused-ring (bicyclic) bond motifs is 1. The van der Waals surface area contributed by atoms with Gasteiger partial charge in [0.2, 0.25) is 0 Å². The molecule has 1 saturated heterocycles. The summed E-state index contributed by atoms with van der Waals surface area (Å²) >= 11 is 1.83. The first-order chi connectivity index (χ1) is 21.8. The Hall–Kier alpha value is -4.25. The lowest BCUT2D eigenvalue weighted by atomic mass is 9.90. The third-order valence-corrected chi connectivity index (χ3v) is 9.99. The summed E-state index contributed by atoms with van der Waals surface area (Å²) in [6.45, 7) is 1.89. The van der Waals surface area contributed by atoms with Crippen LogP contribution in [0.1, 0.15) is 89.9 Å². The Labute approximate surface area is 264 Å². The third-order valence-electron chi connectivity index (χ3n) is 8.94. The first-order valence-electron chi connectivity index (χ1n) is 15.5. The number of carbonyl (C=O) groups is 2. The van der Waals surface area contributed by atoms with Crippen molar-refractivity contribution in [1.82, 2.24) is 24.8 Å². The van der Waals surface area contributed by atoms with Crippen LogP contribution in [0.5, 0.6) is 0 Å². The molecular formula is C34H36FN5O4S. The Kier molecular flexibility index (Phi) is 9.16. The molecule has 1 aliphatic heterocycles. The molecule has 1 atom stereocenters. The number of nitrogens with zero attached hydrogens (tertiary/aromatic N) is 3. The molecule has 1 aliphatic carbocycles. The van der Waals surface area contributed by atoms with E-state index in [-0.39, 0.29) is 58.1 Å². The first kappa shape index (κ1) is 30.8. The van der Waals surface area contributed by atoms with Gasteiger partial charge in [-0.3, -0.25) is 23.5 Å². The molecule has 45 heavy (non-hydrogen) atoms. The minimum atomic E-state index is -0.620. The van der Waals surface area contributed by atoms with Crippen LogP contribution in [0.4, 0.5) is 4.39 Å². The largest absolute Gasteiger partial charge is 0.349 e. The molecule has 0 unspecified atom stereocenters. The average Bonchev–Trinajstić information content (AvgIpc) is 3.06. The molecule has 6 rings (SSSR count). The number of benzene rings is 2. The Balaban J connectivity index is 1.18. The van der Waals surface area contributed by atoms with Crippen molar-refractivity contribution in [2.75, 3.05) is 11.5 Å². The van der Waals surface area contributed by atoms with Gasteiger partial charge < -0.3 is 10.6 Å². The van der Waals surface area contributed by atoms with Gasteiger partial charge in [0.1, 0.15) is 11.5 Å². The first-order valence-corrected chi connectivity index (χ1v) is 16.6. The maximum absolute atomic E-state index is 14.2. The minimum Gasteiger partial charge on any atom is -0.349 e. The molecule has 0 spiro atoms. The molecule has 9 nitrogen and oxygen atoms in total. The van der Waals surface area contributed by atoms with Gasteiger partial charge in [-0.1, -0.05) is 42.5 Å². The molecule has 0 radical (unpaired) electrons. The number of pyridine rings is 1. The predicted molar refractivity (Wildman–Crippen MR) is 173 cm³/mol. The number of amides is 2. The molecule has 0 bridgehead atoms. The van der Waals surface area contributed by atoms with Gasteiger partial charge >= 0.3 is 5.69 Å². The summed E-state index contributed by atoms with van der Waals surface area (Å²) in [5.41, 5.74) is 0.839. The van der Waals surface area contributed by atoms with Crippen molar-refractivity contribution in [1.29, 1.82) is 0 Å². The van der Waals surface area contributed by atoms with Crippen molar-refractivity contribution in [2.45, 2.75) is 69.6 Å². The van der Waals surface area contributed by atoms with Crippen molar-refractivity contribution in [3.63, 3.8) is 0 Å². The van der Waals surface area contributed by atoms with Gasteiger partial charge in [-0.2, -0.15) is 11.8 Å². The zero-order chi connectivity index (χ0) is 31.5. The van der Waals surface area contributed by atoms with Crippen molar-refractivity contribution in [3.05, 3.63) is 110 Å². The van der Waals surface area contributed by atoms with E-state index in [1.54, 1.807) is 28.8 Å². The lowest BCUT2D eigenvalue weighted by Crippen LogP contribution is -2.46. The Bertz CT molecular complexity index is 1830. The van der Waals surface area contributed by atoms with Crippen LogP contribution in [0.2, 0.25) is 0 Å². The number of aromatic nitrogens is 3. The minimum absolute atomic E-state index is 0.102. The van der Waals surface area contributed by atoms with E-state index in [9.17, 15) is 23.6 Å². The average molecular weight is 630 g/mol. The number of carbonyl (C=O) groups excluding carboxylic acids is 2. The number of rotatable bonds is 7. The Morgan fingerprint density at radius 2 is 1.49 bits per heavy atom. The van der Waals surface area contributed by atoms with Gasteiger partial charge in [-0.25, -0.2) is 14.2 Å². The van der Waals surface area contributed by atoms with Crippen LogP contribution in [0, 0.1) is 5.82 Å². The highest BCUT2D eigenvalue weighted by Crippen LogP contribution is 2.30. The van der Waals surface area contributed by atoms with E-state index in [0.717, 1.165) is 36.1 Å². The summed E-state index contributed by atoms with van der Waals surface area (Å²) in [5, 5.41) is 6.15. The monoisotopic (exact) mass is 629 g/mol. The predicted octanol–water partition coefficient (Wildman–Crippen LogP) is 5.17. The molecule has 2 aromatic heterocycles. The number of hydrogen-bond acceptors (Lipinski definition) is 6. The van der Waals surface area contributed by atoms with Crippen LogP contribution in [0.15, 0.2) is 76.4 Å². The van der Waals surface area contributed by atoms with E-state index in [2.05, 4.69) is 15.6 Å². The van der Waals surface area contributed by atoms with Gasteiger partial charge in [0.05, 0.1) is 28.8 Å². The van der Waals surface area contributed by atoms with E-state index >= 15 is 0 Å². The molecule has 2 fully saturated rings. The second-order valence-corrected chi connectivity index (χ2v) is 13.1. The van der Waals surface area contributed by atoms with Crippen molar-refractivity contribution in [3.8, 4) is 0 Å². The Morgan fingerprint density at radius 1 is 0.867 bits per heavy atom. The zero-order valence-electron chi connectivity index (χ0n) is 25.1. The molecule has 234 valence electrons. The summed E-state index contributed by atoms with van der Waals surface area (Å²) in [4.78, 5) is 58.2. The van der Waals surface area contributed by atoms with Gasteiger partial charge in [0.25, 0.3) is 17.4 Å². The van der Waals surface area contributed by atoms with Gasteiger partial charge in [-0.05, 0) is 80.7 Å². The van der Waals surface area contributed by atoms with Crippen LogP contribution in [-0.2, 0) is 0 Å². The van der Waals surface area contributed by atoms with Crippen LogP contribution in [-0.4, -0.2) is 43.5 Å². The quantitative estimate of drug-likeness (QED) is 0.292. The fourth-order valence-corrected chi connectivity index (χ4v) is 7.60. The van der Waals surface area contributed by atoms with Crippen LogP contribution >= 0.6 is 11.8 Å².